The number of hydrogen-bond acceptors (Lipinski definition) is 3. The van der Waals surface area contributed by atoms with Gasteiger partial charge < -0.3 is 15.4 Å². The van der Waals surface area contributed by atoms with Crippen molar-refractivity contribution >= 4 is 29.9 Å². The van der Waals surface area contributed by atoms with Crippen LogP contribution in [-0.4, -0.2) is 43.0 Å². The predicted molar refractivity (Wildman–Crippen MR) is 128 cm³/mol. The third-order valence-corrected chi connectivity index (χ3v) is 5.83. The van der Waals surface area contributed by atoms with Crippen molar-refractivity contribution < 1.29 is 4.74 Å². The third-order valence-electron chi connectivity index (χ3n) is 5.83. The lowest BCUT2D eigenvalue weighted by Gasteiger charge is -2.32. The lowest BCUT2D eigenvalue weighted by atomic mass is 9.78. The normalized spacial score (nSPS) is 16.3. The van der Waals surface area contributed by atoms with Crippen LogP contribution in [0.5, 0.6) is 0 Å². The molecule has 1 fully saturated rings. The van der Waals surface area contributed by atoms with Gasteiger partial charge in [-0.3, -0.25) is 9.67 Å². The van der Waals surface area contributed by atoms with Crippen LogP contribution in [0.3, 0.4) is 0 Å². The molecule has 2 N–H and O–H groups in total. The van der Waals surface area contributed by atoms with Crippen LogP contribution in [0, 0.1) is 25.2 Å². The summed E-state index contributed by atoms with van der Waals surface area (Å²) in [5.41, 5.74) is 3.94. The summed E-state index contributed by atoms with van der Waals surface area (Å²) in [5, 5.41) is 11.7. The molecule has 1 heterocycles. The molecule has 0 saturated heterocycles. The van der Waals surface area contributed by atoms with E-state index < -0.39 is 0 Å². The Morgan fingerprint density at radius 3 is 2.50 bits per heavy atom. The first-order valence-electron chi connectivity index (χ1n) is 10.4. The highest BCUT2D eigenvalue weighted by atomic mass is 127. The summed E-state index contributed by atoms with van der Waals surface area (Å²) in [6, 6.07) is 0. The number of aliphatic imine (C=N–C) groups is 1. The molecule has 1 aliphatic carbocycles. The molecular weight excluding hydrogens is 465 g/mol. The SMILES string of the molecule is CN=C(NCc1c(C)nn(CCOC)c1C)NCC1(CC(C)C)CCCC1.I. The Morgan fingerprint density at radius 1 is 1.25 bits per heavy atom. The Balaban J connectivity index is 0.00000392. The van der Waals surface area contributed by atoms with E-state index in [1.807, 2.05) is 11.7 Å². The number of aryl methyl sites for hydroxylation is 1. The molecule has 0 atom stereocenters. The number of hydrogen-bond donors (Lipinski definition) is 2. The van der Waals surface area contributed by atoms with Gasteiger partial charge in [-0.2, -0.15) is 5.10 Å². The van der Waals surface area contributed by atoms with Crippen molar-refractivity contribution in [1.29, 1.82) is 0 Å². The highest BCUT2D eigenvalue weighted by Gasteiger charge is 2.34. The van der Waals surface area contributed by atoms with Gasteiger partial charge in [0.1, 0.15) is 0 Å². The zero-order valence-electron chi connectivity index (χ0n) is 18.6. The van der Waals surface area contributed by atoms with Crippen molar-refractivity contribution in [2.75, 3.05) is 27.3 Å². The van der Waals surface area contributed by atoms with Crippen LogP contribution in [-0.2, 0) is 17.8 Å². The van der Waals surface area contributed by atoms with Gasteiger partial charge in [0.25, 0.3) is 0 Å². The Hall–Kier alpha value is -0.830. The zero-order valence-corrected chi connectivity index (χ0v) is 20.9. The summed E-state index contributed by atoms with van der Waals surface area (Å²) in [4.78, 5) is 4.44. The molecule has 1 aromatic heterocycles. The molecule has 162 valence electrons. The fourth-order valence-electron chi connectivity index (χ4n) is 4.49. The molecule has 7 heteroatoms. The van der Waals surface area contributed by atoms with E-state index in [1.165, 1.54) is 43.4 Å². The second-order valence-electron chi connectivity index (χ2n) is 8.45. The van der Waals surface area contributed by atoms with Gasteiger partial charge in [0.15, 0.2) is 5.96 Å². The highest BCUT2D eigenvalue weighted by molar-refractivity contribution is 14.0. The first-order valence-corrected chi connectivity index (χ1v) is 10.4. The van der Waals surface area contributed by atoms with Crippen molar-refractivity contribution in [1.82, 2.24) is 20.4 Å². The fraction of sp³-hybridized carbons (Fsp3) is 0.810. The van der Waals surface area contributed by atoms with Crippen LogP contribution in [0.15, 0.2) is 4.99 Å². The van der Waals surface area contributed by atoms with Gasteiger partial charge in [-0.15, -0.1) is 24.0 Å². The minimum atomic E-state index is 0. The van der Waals surface area contributed by atoms with E-state index in [9.17, 15) is 0 Å². The van der Waals surface area contributed by atoms with Crippen LogP contribution in [0.4, 0.5) is 0 Å². The molecule has 2 rings (SSSR count). The Kier molecular flexibility index (Phi) is 10.8. The van der Waals surface area contributed by atoms with Gasteiger partial charge in [0, 0.05) is 38.5 Å². The molecule has 0 aromatic carbocycles. The van der Waals surface area contributed by atoms with E-state index in [4.69, 9.17) is 4.74 Å². The summed E-state index contributed by atoms with van der Waals surface area (Å²) in [6.07, 6.45) is 6.68. The van der Waals surface area contributed by atoms with Gasteiger partial charge in [0.05, 0.1) is 18.8 Å². The van der Waals surface area contributed by atoms with Crippen molar-refractivity contribution in [2.45, 2.75) is 72.9 Å². The standard InChI is InChI=1S/C21H39N5O.HI/c1-16(2)13-21(9-7-8-10-21)15-24-20(22-5)23-14-19-17(3)25-26(18(19)4)11-12-27-6;/h16H,7-15H2,1-6H3,(H2,22,23,24);1H. The van der Waals surface area contributed by atoms with Crippen molar-refractivity contribution in [2.24, 2.45) is 16.3 Å². The minimum absolute atomic E-state index is 0. The molecule has 1 aromatic rings. The van der Waals surface area contributed by atoms with Crippen LogP contribution in [0.2, 0.25) is 0 Å². The second kappa shape index (κ2) is 12.0. The lowest BCUT2D eigenvalue weighted by molar-refractivity contribution is 0.182. The Bertz CT molecular complexity index is 621. The number of methoxy groups -OCH3 is 1. The highest BCUT2D eigenvalue weighted by Crippen LogP contribution is 2.42. The largest absolute Gasteiger partial charge is 0.383 e. The summed E-state index contributed by atoms with van der Waals surface area (Å²) in [7, 11) is 3.57. The number of aromatic nitrogens is 2. The predicted octanol–water partition coefficient (Wildman–Crippen LogP) is 4.04. The number of nitrogens with zero attached hydrogens (tertiary/aromatic N) is 3. The Morgan fingerprint density at radius 2 is 1.93 bits per heavy atom. The summed E-state index contributed by atoms with van der Waals surface area (Å²) < 4.78 is 7.21. The van der Waals surface area contributed by atoms with Crippen LogP contribution in [0.1, 0.15) is 62.9 Å². The number of rotatable bonds is 9. The first kappa shape index (κ1) is 25.2. The molecule has 0 bridgehead atoms. The van der Waals surface area contributed by atoms with Gasteiger partial charge in [-0.1, -0.05) is 26.7 Å². The number of guanidine groups is 1. The summed E-state index contributed by atoms with van der Waals surface area (Å²) in [6.45, 7) is 12.1. The summed E-state index contributed by atoms with van der Waals surface area (Å²) in [5.74, 6) is 1.62. The minimum Gasteiger partial charge on any atom is -0.383 e. The van der Waals surface area contributed by atoms with Crippen molar-refractivity contribution in [3.63, 3.8) is 0 Å². The lowest BCUT2D eigenvalue weighted by Crippen LogP contribution is -2.43. The first-order chi connectivity index (χ1) is 12.9. The quantitative estimate of drug-likeness (QED) is 0.302. The third kappa shape index (κ3) is 6.90. The number of halogens is 1. The molecular formula is C21H40IN5O. The van der Waals surface area contributed by atoms with E-state index >= 15 is 0 Å². The van der Waals surface area contributed by atoms with Gasteiger partial charge in [-0.25, -0.2) is 0 Å². The molecule has 0 spiro atoms. The van der Waals surface area contributed by atoms with Gasteiger partial charge in [-0.05, 0) is 44.4 Å². The molecule has 0 radical (unpaired) electrons. The van der Waals surface area contributed by atoms with E-state index in [1.54, 1.807) is 7.11 Å². The van der Waals surface area contributed by atoms with E-state index in [-0.39, 0.29) is 24.0 Å². The second-order valence-corrected chi connectivity index (χ2v) is 8.45. The molecule has 0 amide bonds. The molecule has 28 heavy (non-hydrogen) atoms. The maximum absolute atomic E-state index is 5.18. The molecule has 0 unspecified atom stereocenters. The van der Waals surface area contributed by atoms with Crippen LogP contribution >= 0.6 is 24.0 Å². The maximum Gasteiger partial charge on any atom is 0.191 e. The molecule has 0 aliphatic heterocycles. The molecule has 1 aliphatic rings. The average molecular weight is 505 g/mol. The van der Waals surface area contributed by atoms with Crippen LogP contribution < -0.4 is 10.6 Å². The van der Waals surface area contributed by atoms with Crippen LogP contribution in [0.25, 0.3) is 0 Å². The van der Waals surface area contributed by atoms with Crippen molar-refractivity contribution in [3.05, 3.63) is 17.0 Å². The Labute approximate surface area is 188 Å². The number of ether oxygens (including phenoxy) is 1. The number of nitrogens with one attached hydrogen (secondary N) is 2. The van der Waals surface area contributed by atoms with Gasteiger partial charge >= 0.3 is 0 Å². The maximum atomic E-state index is 5.18. The van der Waals surface area contributed by atoms with E-state index in [0.717, 1.165) is 37.2 Å². The zero-order chi connectivity index (χ0) is 19.9. The smallest absolute Gasteiger partial charge is 0.191 e. The van der Waals surface area contributed by atoms with E-state index in [0.29, 0.717) is 12.0 Å². The topological polar surface area (TPSA) is 63.5 Å². The monoisotopic (exact) mass is 505 g/mol. The molecule has 6 nitrogen and oxygen atoms in total. The molecule has 1 saturated carbocycles. The fourth-order valence-corrected chi connectivity index (χ4v) is 4.49. The van der Waals surface area contributed by atoms with Gasteiger partial charge in [0.2, 0.25) is 0 Å². The van der Waals surface area contributed by atoms with Crippen molar-refractivity contribution in [3.8, 4) is 0 Å². The summed E-state index contributed by atoms with van der Waals surface area (Å²) >= 11 is 0. The van der Waals surface area contributed by atoms with E-state index in [2.05, 4.69) is 48.4 Å². The average Bonchev–Trinajstić information content (AvgIpc) is 3.18.